The van der Waals surface area contributed by atoms with Crippen LogP contribution < -0.4 is 10.6 Å². The molecule has 0 radical (unpaired) electrons. The Hall–Kier alpha value is -4.18. The highest BCUT2D eigenvalue weighted by atomic mass is 35.5. The minimum atomic E-state index is -1.01. The number of carboxylic acid groups (broad SMARTS) is 1. The summed E-state index contributed by atoms with van der Waals surface area (Å²) in [6, 6.07) is 12.6. The maximum atomic E-state index is 14.9. The van der Waals surface area contributed by atoms with Crippen molar-refractivity contribution < 1.29 is 19.4 Å². The van der Waals surface area contributed by atoms with Crippen molar-refractivity contribution in [1.82, 2.24) is 19.4 Å². The molecule has 0 saturated carbocycles. The van der Waals surface area contributed by atoms with Gasteiger partial charge in [-0.15, -0.1) is 0 Å². The maximum Gasteiger partial charge on any atom is 0.407 e. The molecule has 1 atom stereocenters. The Balaban J connectivity index is 1.83. The SMILES string of the molecule is CC(C)c1ccccc1-n1c(=O)nc(N2CCN(C(=O)O)CC2C)c2cc(Cl)c(-c3c(O)cccc3F)nc21. The molecule has 2 N–H and O–H groups in total. The van der Waals surface area contributed by atoms with E-state index in [4.69, 9.17) is 11.6 Å². The van der Waals surface area contributed by atoms with E-state index in [1.54, 1.807) is 18.2 Å². The fourth-order valence-electron chi connectivity index (χ4n) is 5.09. The number of fused-ring (bicyclic) bond motifs is 1. The van der Waals surface area contributed by atoms with E-state index in [0.717, 1.165) is 5.56 Å². The number of aromatic hydroxyl groups is 1. The lowest BCUT2D eigenvalue weighted by Crippen LogP contribution is -2.54. The average molecular weight is 552 g/mol. The number of halogens is 2. The Kier molecular flexibility index (Phi) is 6.90. The lowest BCUT2D eigenvalue weighted by atomic mass is 10.0. The molecule has 1 amide bonds. The maximum absolute atomic E-state index is 14.9. The normalized spacial score (nSPS) is 15.8. The van der Waals surface area contributed by atoms with E-state index < -0.39 is 17.6 Å². The van der Waals surface area contributed by atoms with Gasteiger partial charge in [0.2, 0.25) is 0 Å². The van der Waals surface area contributed by atoms with E-state index in [9.17, 15) is 24.2 Å². The van der Waals surface area contributed by atoms with Gasteiger partial charge in [-0.25, -0.2) is 23.5 Å². The lowest BCUT2D eigenvalue weighted by Gasteiger charge is -2.39. The van der Waals surface area contributed by atoms with Crippen molar-refractivity contribution in [2.75, 3.05) is 24.5 Å². The van der Waals surface area contributed by atoms with Crippen molar-refractivity contribution in [3.8, 4) is 22.7 Å². The van der Waals surface area contributed by atoms with Gasteiger partial charge in [0.15, 0.2) is 5.65 Å². The second kappa shape index (κ2) is 10.2. The molecule has 2 aromatic heterocycles. The molecule has 11 heteroatoms. The van der Waals surface area contributed by atoms with Gasteiger partial charge >= 0.3 is 11.8 Å². The fourth-order valence-corrected chi connectivity index (χ4v) is 5.34. The van der Waals surface area contributed by atoms with Crippen molar-refractivity contribution in [3.63, 3.8) is 0 Å². The summed E-state index contributed by atoms with van der Waals surface area (Å²) in [6.45, 7) is 6.61. The highest BCUT2D eigenvalue weighted by Crippen LogP contribution is 2.39. The number of rotatable bonds is 4. The summed E-state index contributed by atoms with van der Waals surface area (Å²) >= 11 is 6.65. The van der Waals surface area contributed by atoms with Gasteiger partial charge < -0.3 is 20.0 Å². The number of nitrogens with zero attached hydrogens (tertiary/aromatic N) is 5. The van der Waals surface area contributed by atoms with Gasteiger partial charge in [-0.1, -0.05) is 49.7 Å². The zero-order chi connectivity index (χ0) is 28.0. The van der Waals surface area contributed by atoms with Gasteiger partial charge in [-0.3, -0.25) is 0 Å². The van der Waals surface area contributed by atoms with Crippen LogP contribution >= 0.6 is 11.6 Å². The predicted molar refractivity (Wildman–Crippen MR) is 148 cm³/mol. The molecule has 1 unspecified atom stereocenters. The largest absolute Gasteiger partial charge is 0.507 e. The number of piperazine rings is 1. The molecule has 0 bridgehead atoms. The summed E-state index contributed by atoms with van der Waals surface area (Å²) in [5.41, 5.74) is 0.845. The summed E-state index contributed by atoms with van der Waals surface area (Å²) in [4.78, 5) is 37.6. The van der Waals surface area contributed by atoms with Crippen LogP contribution in [0.2, 0.25) is 5.02 Å². The van der Waals surface area contributed by atoms with Crippen LogP contribution in [0.5, 0.6) is 5.75 Å². The van der Waals surface area contributed by atoms with Gasteiger partial charge in [-0.2, -0.15) is 4.98 Å². The summed E-state index contributed by atoms with van der Waals surface area (Å²) in [5, 5.41) is 20.4. The minimum absolute atomic E-state index is 0.0177. The number of aromatic nitrogens is 3. The second-order valence-electron chi connectivity index (χ2n) is 9.86. The van der Waals surface area contributed by atoms with E-state index in [-0.39, 0.29) is 52.7 Å². The molecule has 0 aliphatic carbocycles. The summed E-state index contributed by atoms with van der Waals surface area (Å²) in [7, 11) is 0. The van der Waals surface area contributed by atoms with E-state index in [1.165, 1.54) is 27.7 Å². The highest BCUT2D eigenvalue weighted by molar-refractivity contribution is 6.34. The summed E-state index contributed by atoms with van der Waals surface area (Å²) < 4.78 is 16.3. The van der Waals surface area contributed by atoms with Gasteiger partial charge in [0.1, 0.15) is 17.4 Å². The third-order valence-corrected chi connectivity index (χ3v) is 7.29. The zero-order valence-electron chi connectivity index (χ0n) is 21.6. The molecular formula is C28H27ClFN5O4. The first-order chi connectivity index (χ1) is 18.6. The molecule has 3 heterocycles. The average Bonchev–Trinajstić information content (AvgIpc) is 2.89. The van der Waals surface area contributed by atoms with Gasteiger partial charge in [0, 0.05) is 25.7 Å². The van der Waals surface area contributed by atoms with E-state index in [1.807, 2.05) is 37.8 Å². The lowest BCUT2D eigenvalue weighted by molar-refractivity contribution is 0.136. The number of carbonyl (C=O) groups is 1. The van der Waals surface area contributed by atoms with E-state index in [2.05, 4.69) is 9.97 Å². The topological polar surface area (TPSA) is 112 Å². The van der Waals surface area contributed by atoms with E-state index >= 15 is 0 Å². The molecular weight excluding hydrogens is 525 g/mol. The number of phenols is 1. The summed E-state index contributed by atoms with van der Waals surface area (Å²) in [5.74, 6) is -0.681. The Morgan fingerprint density at radius 2 is 1.87 bits per heavy atom. The first-order valence-corrected chi connectivity index (χ1v) is 12.9. The van der Waals surface area contributed by atoms with Crippen LogP contribution in [0.25, 0.3) is 28.0 Å². The smallest absolute Gasteiger partial charge is 0.407 e. The van der Waals surface area contributed by atoms with Crippen molar-refractivity contribution in [1.29, 1.82) is 0 Å². The molecule has 1 saturated heterocycles. The Morgan fingerprint density at radius 3 is 2.54 bits per heavy atom. The summed E-state index contributed by atoms with van der Waals surface area (Å²) in [6.07, 6.45) is -1.01. The number of anilines is 1. The van der Waals surface area contributed by atoms with Crippen LogP contribution in [-0.4, -0.2) is 61.4 Å². The molecule has 1 aliphatic rings. The van der Waals surface area contributed by atoms with Crippen molar-refractivity contribution >= 4 is 34.5 Å². The molecule has 1 aliphatic heterocycles. The van der Waals surface area contributed by atoms with Gasteiger partial charge in [0.05, 0.1) is 27.4 Å². The third kappa shape index (κ3) is 4.65. The molecule has 202 valence electrons. The van der Waals surface area contributed by atoms with Crippen LogP contribution in [0.3, 0.4) is 0 Å². The molecule has 5 rings (SSSR count). The fraction of sp³-hybridized carbons (Fsp3) is 0.286. The predicted octanol–water partition coefficient (Wildman–Crippen LogP) is 5.26. The van der Waals surface area contributed by atoms with Crippen LogP contribution in [0.1, 0.15) is 32.3 Å². The number of benzene rings is 2. The molecule has 1 fully saturated rings. The van der Waals surface area contributed by atoms with Crippen LogP contribution in [0.15, 0.2) is 53.3 Å². The quantitative estimate of drug-likeness (QED) is 0.356. The number of amides is 1. The monoisotopic (exact) mass is 551 g/mol. The Labute approximate surface area is 228 Å². The zero-order valence-corrected chi connectivity index (χ0v) is 22.4. The van der Waals surface area contributed by atoms with Crippen molar-refractivity contribution in [2.24, 2.45) is 0 Å². The first-order valence-electron chi connectivity index (χ1n) is 12.5. The van der Waals surface area contributed by atoms with Crippen LogP contribution in [0, 0.1) is 5.82 Å². The third-order valence-electron chi connectivity index (χ3n) is 7.00. The highest BCUT2D eigenvalue weighted by Gasteiger charge is 2.31. The van der Waals surface area contributed by atoms with Crippen molar-refractivity contribution in [2.45, 2.75) is 32.7 Å². The standard InChI is InChI=1S/C28H27ClFN5O4/c1-15(2)17-7-4-5-9-21(17)35-26-18(13-19(29)24(31-26)23-20(30)8-6-10-22(23)36)25(32-27(35)37)34-12-11-33(28(38)39)14-16(34)3/h4-10,13,15-16,36H,11-12,14H2,1-3H3,(H,38,39). The number of hydrogen-bond acceptors (Lipinski definition) is 6. The Bertz CT molecular complexity index is 1640. The van der Waals surface area contributed by atoms with Gasteiger partial charge in [-0.05, 0) is 42.7 Å². The first kappa shape index (κ1) is 26.4. The van der Waals surface area contributed by atoms with Gasteiger partial charge in [0.25, 0.3) is 0 Å². The number of pyridine rings is 1. The second-order valence-corrected chi connectivity index (χ2v) is 10.3. The van der Waals surface area contributed by atoms with E-state index in [0.29, 0.717) is 23.4 Å². The van der Waals surface area contributed by atoms with Crippen LogP contribution in [0.4, 0.5) is 15.0 Å². The van der Waals surface area contributed by atoms with Crippen LogP contribution in [-0.2, 0) is 0 Å². The number of para-hydroxylation sites is 1. The Morgan fingerprint density at radius 1 is 1.13 bits per heavy atom. The molecule has 9 nitrogen and oxygen atoms in total. The minimum Gasteiger partial charge on any atom is -0.507 e. The molecule has 4 aromatic rings. The number of phenolic OH excluding ortho intramolecular Hbond substituents is 1. The molecule has 0 spiro atoms. The molecule has 39 heavy (non-hydrogen) atoms. The number of hydrogen-bond donors (Lipinski definition) is 2. The van der Waals surface area contributed by atoms with Crippen molar-refractivity contribution in [3.05, 3.63) is 75.4 Å². The molecule has 2 aromatic carbocycles.